The average Bonchev–Trinajstić information content (AvgIpc) is 2.89. The van der Waals surface area contributed by atoms with Gasteiger partial charge in [-0.3, -0.25) is 10.00 Å². The normalized spacial score (nSPS) is 10.1. The first kappa shape index (κ1) is 16.1. The number of anilines is 2. The molecule has 0 saturated carbocycles. The van der Waals surface area contributed by atoms with Crippen LogP contribution in [0.3, 0.4) is 0 Å². The minimum Gasteiger partial charge on any atom is -0.308 e. The largest absolute Gasteiger partial charge is 0.324 e. The highest BCUT2D eigenvalue weighted by atomic mass is 35.5. The minimum absolute atomic E-state index is 0.355. The topological polar surface area (TPSA) is 82.7 Å². The van der Waals surface area contributed by atoms with Gasteiger partial charge in [0.2, 0.25) is 0 Å². The molecule has 1 aromatic heterocycles. The standard InChI is InChI=1S/C14H13Cl2N5O/c1-9-11(15)7-10(8-12(9)16)18-14(22)19-13-3-6-21(20-13)5-2-4-17/h3,6-8H,2,5H2,1H3,(H2,18,19,20,22). The lowest BCUT2D eigenvalue weighted by Crippen LogP contribution is -2.20. The molecule has 0 bridgehead atoms. The van der Waals surface area contributed by atoms with Crippen LogP contribution in [0.4, 0.5) is 16.3 Å². The number of nitrogens with zero attached hydrogens (tertiary/aromatic N) is 3. The highest BCUT2D eigenvalue weighted by Gasteiger charge is 2.08. The number of hydrogen-bond acceptors (Lipinski definition) is 3. The van der Waals surface area contributed by atoms with Crippen LogP contribution in [0.5, 0.6) is 0 Å². The van der Waals surface area contributed by atoms with Crippen molar-refractivity contribution in [2.45, 2.75) is 19.9 Å². The summed E-state index contributed by atoms with van der Waals surface area (Å²) in [7, 11) is 0. The van der Waals surface area contributed by atoms with Crippen molar-refractivity contribution in [3.05, 3.63) is 40.0 Å². The number of carbonyl (C=O) groups is 1. The van der Waals surface area contributed by atoms with Gasteiger partial charge < -0.3 is 5.32 Å². The molecule has 2 amide bonds. The molecule has 6 nitrogen and oxygen atoms in total. The number of hydrogen-bond donors (Lipinski definition) is 2. The zero-order valence-corrected chi connectivity index (χ0v) is 13.2. The summed E-state index contributed by atoms with van der Waals surface area (Å²) in [4.78, 5) is 11.9. The third kappa shape index (κ3) is 4.13. The van der Waals surface area contributed by atoms with Gasteiger partial charge in [0, 0.05) is 28.0 Å². The molecule has 2 aromatic rings. The molecular weight excluding hydrogens is 325 g/mol. The Bertz CT molecular complexity index is 712. The van der Waals surface area contributed by atoms with Crippen molar-refractivity contribution in [2.75, 3.05) is 10.6 Å². The second-order valence-corrected chi connectivity index (χ2v) is 5.33. The lowest BCUT2D eigenvalue weighted by Gasteiger charge is -2.08. The molecule has 0 radical (unpaired) electrons. The molecule has 2 N–H and O–H groups in total. The van der Waals surface area contributed by atoms with E-state index in [1.807, 2.05) is 6.07 Å². The van der Waals surface area contributed by atoms with Crippen LogP contribution in [-0.4, -0.2) is 15.8 Å². The summed E-state index contributed by atoms with van der Waals surface area (Å²) < 4.78 is 1.58. The Labute approximate surface area is 137 Å². The number of nitrogens with one attached hydrogen (secondary N) is 2. The van der Waals surface area contributed by atoms with Crippen LogP contribution in [0.1, 0.15) is 12.0 Å². The third-order valence-electron chi connectivity index (χ3n) is 2.87. The monoisotopic (exact) mass is 337 g/mol. The van der Waals surface area contributed by atoms with E-state index in [4.69, 9.17) is 28.5 Å². The smallest absolute Gasteiger partial charge is 0.308 e. The predicted molar refractivity (Wildman–Crippen MR) is 86.3 cm³/mol. The molecule has 2 rings (SSSR count). The van der Waals surface area contributed by atoms with Gasteiger partial charge in [-0.15, -0.1) is 0 Å². The fourth-order valence-electron chi connectivity index (χ4n) is 1.71. The van der Waals surface area contributed by atoms with E-state index < -0.39 is 6.03 Å². The predicted octanol–water partition coefficient (Wildman–Crippen LogP) is 4.06. The molecule has 0 aliphatic heterocycles. The summed E-state index contributed by atoms with van der Waals surface area (Å²) in [5.41, 5.74) is 1.24. The van der Waals surface area contributed by atoms with Crippen LogP contribution in [0.15, 0.2) is 24.4 Å². The summed E-state index contributed by atoms with van der Waals surface area (Å²) >= 11 is 12.0. The van der Waals surface area contributed by atoms with Crippen molar-refractivity contribution in [1.82, 2.24) is 9.78 Å². The number of halogens is 2. The van der Waals surface area contributed by atoms with Gasteiger partial charge >= 0.3 is 6.03 Å². The van der Waals surface area contributed by atoms with Crippen LogP contribution in [0, 0.1) is 18.3 Å². The van der Waals surface area contributed by atoms with E-state index in [2.05, 4.69) is 15.7 Å². The number of amides is 2. The van der Waals surface area contributed by atoms with Crippen LogP contribution in [0.25, 0.3) is 0 Å². The lowest BCUT2D eigenvalue weighted by atomic mass is 10.2. The number of urea groups is 1. The summed E-state index contributed by atoms with van der Waals surface area (Å²) in [6, 6.07) is 6.45. The maximum Gasteiger partial charge on any atom is 0.324 e. The quantitative estimate of drug-likeness (QED) is 0.882. The van der Waals surface area contributed by atoms with Crippen LogP contribution >= 0.6 is 23.2 Å². The third-order valence-corrected chi connectivity index (χ3v) is 3.66. The van der Waals surface area contributed by atoms with Crippen molar-refractivity contribution in [3.63, 3.8) is 0 Å². The van der Waals surface area contributed by atoms with E-state index in [0.717, 1.165) is 5.56 Å². The second kappa shape index (κ2) is 7.16. The molecule has 0 spiro atoms. The summed E-state index contributed by atoms with van der Waals surface area (Å²) in [6.07, 6.45) is 2.04. The Kier molecular flexibility index (Phi) is 5.26. The zero-order valence-electron chi connectivity index (χ0n) is 11.7. The number of aromatic nitrogens is 2. The highest BCUT2D eigenvalue weighted by Crippen LogP contribution is 2.28. The van der Waals surface area contributed by atoms with E-state index >= 15 is 0 Å². The molecule has 0 unspecified atom stereocenters. The molecule has 0 saturated heterocycles. The number of aryl methyl sites for hydroxylation is 1. The highest BCUT2D eigenvalue weighted by molar-refractivity contribution is 6.36. The van der Waals surface area contributed by atoms with Crippen LogP contribution in [0.2, 0.25) is 10.0 Å². The van der Waals surface area contributed by atoms with Gasteiger partial charge in [-0.25, -0.2) is 4.79 Å². The molecule has 0 aliphatic rings. The molecule has 114 valence electrons. The van der Waals surface area contributed by atoms with Crippen LogP contribution < -0.4 is 10.6 Å². The van der Waals surface area contributed by atoms with Crippen molar-refractivity contribution in [1.29, 1.82) is 5.26 Å². The summed E-state index contributed by atoms with van der Waals surface area (Å²) in [6.45, 7) is 2.27. The maximum absolute atomic E-state index is 11.9. The fourth-order valence-corrected chi connectivity index (χ4v) is 2.20. The maximum atomic E-state index is 11.9. The molecule has 0 fully saturated rings. The minimum atomic E-state index is -0.457. The van der Waals surface area contributed by atoms with Crippen molar-refractivity contribution < 1.29 is 4.79 Å². The van der Waals surface area contributed by atoms with E-state index in [9.17, 15) is 4.79 Å². The fraction of sp³-hybridized carbons (Fsp3) is 0.214. The average molecular weight is 338 g/mol. The van der Waals surface area contributed by atoms with E-state index in [-0.39, 0.29) is 0 Å². The molecule has 22 heavy (non-hydrogen) atoms. The molecule has 1 heterocycles. The molecule has 8 heteroatoms. The number of carbonyl (C=O) groups excluding carboxylic acids is 1. The van der Waals surface area contributed by atoms with Gasteiger partial charge in [0.15, 0.2) is 5.82 Å². The first-order valence-electron chi connectivity index (χ1n) is 6.43. The number of benzene rings is 1. The first-order chi connectivity index (χ1) is 10.5. The van der Waals surface area contributed by atoms with Gasteiger partial charge in [0.25, 0.3) is 0 Å². The van der Waals surface area contributed by atoms with Gasteiger partial charge in [-0.05, 0) is 24.6 Å². The van der Waals surface area contributed by atoms with Crippen molar-refractivity contribution in [3.8, 4) is 6.07 Å². The van der Waals surface area contributed by atoms with Gasteiger partial charge in [-0.2, -0.15) is 10.4 Å². The Morgan fingerprint density at radius 2 is 2.05 bits per heavy atom. The van der Waals surface area contributed by atoms with E-state index in [0.29, 0.717) is 34.5 Å². The Morgan fingerprint density at radius 3 is 2.68 bits per heavy atom. The molecule has 0 atom stereocenters. The molecule has 1 aromatic carbocycles. The molecule has 0 aliphatic carbocycles. The number of nitriles is 1. The Balaban J connectivity index is 1.98. The van der Waals surface area contributed by atoms with Gasteiger partial charge in [0.1, 0.15) is 0 Å². The second-order valence-electron chi connectivity index (χ2n) is 4.52. The summed E-state index contributed by atoms with van der Waals surface area (Å²) in [5, 5.41) is 18.8. The van der Waals surface area contributed by atoms with Crippen LogP contribution in [-0.2, 0) is 6.54 Å². The Hall–Kier alpha value is -2.23. The SMILES string of the molecule is Cc1c(Cl)cc(NC(=O)Nc2ccn(CCC#N)n2)cc1Cl. The molecular formula is C14H13Cl2N5O. The Morgan fingerprint density at radius 1 is 1.36 bits per heavy atom. The van der Waals surface area contributed by atoms with Crippen molar-refractivity contribution >= 4 is 40.7 Å². The zero-order chi connectivity index (χ0) is 16.1. The van der Waals surface area contributed by atoms with E-state index in [1.165, 1.54) is 0 Å². The summed E-state index contributed by atoms with van der Waals surface area (Å²) in [5.74, 6) is 0.389. The van der Waals surface area contributed by atoms with Crippen molar-refractivity contribution in [2.24, 2.45) is 0 Å². The lowest BCUT2D eigenvalue weighted by molar-refractivity contribution is 0.262. The van der Waals surface area contributed by atoms with Gasteiger partial charge in [-0.1, -0.05) is 23.2 Å². The number of rotatable bonds is 4. The van der Waals surface area contributed by atoms with E-state index in [1.54, 1.807) is 36.0 Å². The first-order valence-corrected chi connectivity index (χ1v) is 7.19. The van der Waals surface area contributed by atoms with Gasteiger partial charge in [0.05, 0.1) is 19.0 Å².